The molecule has 0 fully saturated rings. The molecule has 3 aromatic rings. The number of hydrogen-bond donors (Lipinski definition) is 2. The maximum atomic E-state index is 12.6. The molecule has 154 valence electrons. The lowest BCUT2D eigenvalue weighted by Crippen LogP contribution is -2.14. The van der Waals surface area contributed by atoms with E-state index in [0.29, 0.717) is 28.0 Å². The van der Waals surface area contributed by atoms with E-state index in [2.05, 4.69) is 21.1 Å². The number of aromatic nitrogens is 4. The number of fused-ring (bicyclic) bond motifs is 1. The first-order valence-electron chi connectivity index (χ1n) is 9.51. The van der Waals surface area contributed by atoms with Gasteiger partial charge < -0.3 is 14.6 Å². The van der Waals surface area contributed by atoms with Crippen molar-refractivity contribution in [1.29, 1.82) is 0 Å². The van der Waals surface area contributed by atoms with Crippen molar-refractivity contribution in [3.8, 4) is 5.95 Å². The highest BCUT2D eigenvalue weighted by Gasteiger charge is 2.16. The van der Waals surface area contributed by atoms with Gasteiger partial charge in [0.15, 0.2) is 11.5 Å². The van der Waals surface area contributed by atoms with Crippen LogP contribution in [0.2, 0.25) is 0 Å². The molecule has 0 unspecified atom stereocenters. The summed E-state index contributed by atoms with van der Waals surface area (Å²) in [7, 11) is 0. The lowest BCUT2D eigenvalue weighted by Gasteiger charge is -2.18. The van der Waals surface area contributed by atoms with Gasteiger partial charge >= 0.3 is 5.97 Å². The Bertz CT molecular complexity index is 1390. The van der Waals surface area contributed by atoms with E-state index in [0.717, 1.165) is 18.4 Å². The summed E-state index contributed by atoms with van der Waals surface area (Å²) in [5.74, 6) is 0.143. The van der Waals surface area contributed by atoms with E-state index in [1.165, 1.54) is 23.3 Å². The Hall–Kier alpha value is -4.40. The number of H-pyrrole nitrogens is 1. The van der Waals surface area contributed by atoms with Crippen molar-refractivity contribution in [2.24, 2.45) is 0 Å². The zero-order chi connectivity index (χ0) is 21.4. The molecule has 1 aromatic carbocycles. The minimum Gasteiger partial charge on any atom is -0.478 e. The fourth-order valence-corrected chi connectivity index (χ4v) is 3.32. The SMILES string of the molecule is O=C(O)c1cnn(-c2nc3ccc(C4=COC(C5=CC=CCC5)=CO4)cc3c(=O)[nH]2)c1. The Morgan fingerprint density at radius 1 is 1.19 bits per heavy atom. The topological polar surface area (TPSA) is 119 Å². The lowest BCUT2D eigenvalue weighted by atomic mass is 10.0. The molecular weight excluding hydrogens is 400 g/mol. The quantitative estimate of drug-likeness (QED) is 0.670. The van der Waals surface area contributed by atoms with Crippen LogP contribution in [0, 0.1) is 0 Å². The van der Waals surface area contributed by atoms with Crippen LogP contribution in [0.3, 0.4) is 0 Å². The van der Waals surface area contributed by atoms with Gasteiger partial charge in [-0.25, -0.2) is 14.5 Å². The van der Waals surface area contributed by atoms with Gasteiger partial charge in [-0.05, 0) is 36.6 Å². The van der Waals surface area contributed by atoms with Crippen molar-refractivity contribution in [2.75, 3.05) is 0 Å². The highest BCUT2D eigenvalue weighted by Crippen LogP contribution is 2.29. The average Bonchev–Trinajstić information content (AvgIpc) is 3.30. The molecule has 0 amide bonds. The molecule has 2 N–H and O–H groups in total. The van der Waals surface area contributed by atoms with Gasteiger partial charge in [0, 0.05) is 11.8 Å². The number of hydrogen-bond acceptors (Lipinski definition) is 6. The van der Waals surface area contributed by atoms with Crippen LogP contribution in [0.15, 0.2) is 77.5 Å². The fraction of sp³-hybridized carbons (Fsp3) is 0.0909. The summed E-state index contributed by atoms with van der Waals surface area (Å²) in [5.41, 5.74) is 1.76. The Labute approximate surface area is 175 Å². The first-order chi connectivity index (χ1) is 15.1. The highest BCUT2D eigenvalue weighted by atomic mass is 16.5. The second kappa shape index (κ2) is 7.45. The monoisotopic (exact) mass is 416 g/mol. The average molecular weight is 416 g/mol. The van der Waals surface area contributed by atoms with Crippen LogP contribution >= 0.6 is 0 Å². The smallest absolute Gasteiger partial charge is 0.338 e. The van der Waals surface area contributed by atoms with Crippen molar-refractivity contribution in [3.63, 3.8) is 0 Å². The third-order valence-electron chi connectivity index (χ3n) is 4.94. The maximum Gasteiger partial charge on any atom is 0.338 e. The molecule has 9 nitrogen and oxygen atoms in total. The number of ether oxygens (including phenoxy) is 2. The summed E-state index contributed by atoms with van der Waals surface area (Å²) < 4.78 is 12.7. The second-order valence-electron chi connectivity index (χ2n) is 6.96. The van der Waals surface area contributed by atoms with Crippen LogP contribution in [-0.2, 0) is 9.47 Å². The fourth-order valence-electron chi connectivity index (χ4n) is 3.32. The molecule has 0 saturated carbocycles. The normalized spacial score (nSPS) is 15.5. The highest BCUT2D eigenvalue weighted by molar-refractivity contribution is 5.87. The van der Waals surface area contributed by atoms with E-state index >= 15 is 0 Å². The zero-order valence-corrected chi connectivity index (χ0v) is 16.1. The van der Waals surface area contributed by atoms with Crippen molar-refractivity contribution in [3.05, 3.63) is 94.2 Å². The van der Waals surface area contributed by atoms with Gasteiger partial charge in [0.05, 0.1) is 22.7 Å². The molecule has 1 aliphatic heterocycles. The third-order valence-corrected chi connectivity index (χ3v) is 4.94. The molecule has 3 heterocycles. The number of allylic oxidation sites excluding steroid dienone is 4. The van der Waals surface area contributed by atoms with Gasteiger partial charge in [-0.15, -0.1) is 0 Å². The molecule has 0 spiro atoms. The minimum absolute atomic E-state index is 0.00749. The van der Waals surface area contributed by atoms with Gasteiger partial charge in [-0.2, -0.15) is 5.10 Å². The van der Waals surface area contributed by atoms with E-state index in [-0.39, 0.29) is 17.1 Å². The number of carbonyl (C=O) groups is 1. The van der Waals surface area contributed by atoms with Crippen LogP contribution in [0.1, 0.15) is 28.8 Å². The molecule has 2 aliphatic rings. The summed E-state index contributed by atoms with van der Waals surface area (Å²) in [6, 6.07) is 5.11. The van der Waals surface area contributed by atoms with Crippen LogP contribution in [0.4, 0.5) is 0 Å². The van der Waals surface area contributed by atoms with Crippen LogP contribution < -0.4 is 5.56 Å². The number of aromatic amines is 1. The zero-order valence-electron chi connectivity index (χ0n) is 16.1. The van der Waals surface area contributed by atoms with Crippen molar-refractivity contribution >= 4 is 22.6 Å². The molecule has 31 heavy (non-hydrogen) atoms. The number of benzene rings is 1. The van der Waals surface area contributed by atoms with Crippen LogP contribution in [-0.4, -0.2) is 30.8 Å². The van der Waals surface area contributed by atoms with Gasteiger partial charge in [-0.1, -0.05) is 18.2 Å². The summed E-state index contributed by atoms with van der Waals surface area (Å²) in [4.78, 5) is 30.7. The summed E-state index contributed by atoms with van der Waals surface area (Å²) in [6.07, 6.45) is 13.5. The van der Waals surface area contributed by atoms with Crippen molar-refractivity contribution in [2.45, 2.75) is 12.8 Å². The molecule has 0 saturated heterocycles. The minimum atomic E-state index is -1.12. The molecule has 0 atom stereocenters. The Morgan fingerprint density at radius 2 is 2.03 bits per heavy atom. The Balaban J connectivity index is 1.43. The van der Waals surface area contributed by atoms with E-state index in [9.17, 15) is 9.59 Å². The number of carboxylic acids is 1. The number of rotatable bonds is 4. The number of nitrogens with zero attached hydrogens (tertiary/aromatic N) is 3. The Kier molecular flexibility index (Phi) is 4.47. The number of aromatic carboxylic acids is 1. The van der Waals surface area contributed by atoms with Gasteiger partial charge in [0.25, 0.3) is 5.56 Å². The number of carboxylic acid groups (broad SMARTS) is 1. The van der Waals surface area contributed by atoms with Gasteiger partial charge in [0.1, 0.15) is 12.5 Å². The van der Waals surface area contributed by atoms with Gasteiger partial charge in [0.2, 0.25) is 5.95 Å². The molecule has 5 rings (SSSR count). The largest absolute Gasteiger partial charge is 0.478 e. The third kappa shape index (κ3) is 3.52. The predicted octanol–water partition coefficient (Wildman–Crippen LogP) is 3.27. The first kappa shape index (κ1) is 18.6. The van der Waals surface area contributed by atoms with Crippen LogP contribution in [0.5, 0.6) is 0 Å². The molecule has 9 heteroatoms. The van der Waals surface area contributed by atoms with Crippen LogP contribution in [0.25, 0.3) is 22.6 Å². The van der Waals surface area contributed by atoms with E-state index < -0.39 is 5.97 Å². The van der Waals surface area contributed by atoms with E-state index in [1.807, 2.05) is 12.2 Å². The molecular formula is C22H16N4O5. The maximum absolute atomic E-state index is 12.6. The predicted molar refractivity (Wildman–Crippen MR) is 111 cm³/mol. The molecule has 2 aromatic heterocycles. The summed E-state index contributed by atoms with van der Waals surface area (Å²) in [5, 5.41) is 13.3. The van der Waals surface area contributed by atoms with E-state index in [4.69, 9.17) is 14.6 Å². The first-order valence-corrected chi connectivity index (χ1v) is 9.51. The van der Waals surface area contributed by atoms with E-state index in [1.54, 1.807) is 24.5 Å². The second-order valence-corrected chi connectivity index (χ2v) is 6.96. The van der Waals surface area contributed by atoms with Crippen molar-refractivity contribution in [1.82, 2.24) is 19.7 Å². The lowest BCUT2D eigenvalue weighted by molar-refractivity contribution is 0.0697. The number of nitrogens with one attached hydrogen (secondary N) is 1. The summed E-state index contributed by atoms with van der Waals surface area (Å²) >= 11 is 0. The summed E-state index contributed by atoms with van der Waals surface area (Å²) in [6.45, 7) is 0. The Morgan fingerprint density at radius 3 is 2.74 bits per heavy atom. The standard InChI is InChI=1S/C22H16N4O5/c27-20-16-8-14(19-12-30-18(11-31-19)13-4-2-1-3-5-13)6-7-17(16)24-22(25-20)26-10-15(9-23-26)21(28)29/h1-2,4,6-12H,3,5H2,(H,28,29)(H,24,25,27). The van der Waals surface area contributed by atoms with Crippen molar-refractivity contribution < 1.29 is 19.4 Å². The van der Waals surface area contributed by atoms with Gasteiger partial charge in [-0.3, -0.25) is 9.78 Å². The molecule has 1 aliphatic carbocycles. The molecule has 0 radical (unpaired) electrons. The molecule has 0 bridgehead atoms.